The van der Waals surface area contributed by atoms with Gasteiger partial charge in [0, 0.05) is 50.5 Å². The average molecular weight is 631 g/mol. The number of thiophene rings is 1. The van der Waals surface area contributed by atoms with Gasteiger partial charge in [0.1, 0.15) is 0 Å². The van der Waals surface area contributed by atoms with Crippen LogP contribution in [0.25, 0.3) is 64.3 Å². The Morgan fingerprint density at radius 2 is 0.917 bits per heavy atom. The molecule has 0 aliphatic carbocycles. The first kappa shape index (κ1) is 28.2. The van der Waals surface area contributed by atoms with Gasteiger partial charge in [0.15, 0.2) is 0 Å². The molecule has 0 aliphatic heterocycles. The molecule has 226 valence electrons. The number of nitrogens with zero attached hydrogens (tertiary/aromatic N) is 2. The van der Waals surface area contributed by atoms with Crippen molar-refractivity contribution in [3.05, 3.63) is 182 Å². The van der Waals surface area contributed by atoms with Gasteiger partial charge < -0.3 is 4.90 Å². The van der Waals surface area contributed by atoms with Crippen LogP contribution in [0.15, 0.2) is 182 Å². The lowest BCUT2D eigenvalue weighted by atomic mass is 9.98. The van der Waals surface area contributed by atoms with E-state index in [9.17, 15) is 0 Å². The van der Waals surface area contributed by atoms with Crippen LogP contribution < -0.4 is 4.90 Å². The lowest BCUT2D eigenvalue weighted by Gasteiger charge is -2.26. The molecule has 0 bridgehead atoms. The molecule has 0 N–H and O–H groups in total. The first-order valence-electron chi connectivity index (χ1n) is 16.2. The summed E-state index contributed by atoms with van der Waals surface area (Å²) < 4.78 is 2.50. The van der Waals surface area contributed by atoms with Gasteiger partial charge in [0.05, 0.1) is 4.70 Å². The van der Waals surface area contributed by atoms with Crippen molar-refractivity contribution >= 4 is 59.3 Å². The second-order valence-corrected chi connectivity index (χ2v) is 13.1. The number of benzene rings is 7. The first-order chi connectivity index (χ1) is 23.8. The standard InChI is InChI=1S/C45H30N2S/c1-2-9-31(10-3-1)32-17-23-36(24-18-32)47(37-25-19-34(20-26-37)40-15-8-12-33-11-4-5-13-39(33)40)38-27-21-35(22-28-38)42-29-46-30-44-45(42)41-14-6-7-16-43(41)48-44/h1-30H. The van der Waals surface area contributed by atoms with Crippen LogP contribution in [0.2, 0.25) is 0 Å². The Kier molecular flexibility index (Phi) is 7.03. The van der Waals surface area contributed by atoms with Crippen LogP contribution in [-0.2, 0) is 0 Å². The number of hydrogen-bond acceptors (Lipinski definition) is 3. The molecule has 2 heterocycles. The molecular weight excluding hydrogens is 601 g/mol. The molecule has 0 amide bonds. The third-order valence-corrected chi connectivity index (χ3v) is 10.3. The van der Waals surface area contributed by atoms with Crippen LogP contribution in [0.1, 0.15) is 0 Å². The molecule has 48 heavy (non-hydrogen) atoms. The van der Waals surface area contributed by atoms with Crippen molar-refractivity contribution in [2.45, 2.75) is 0 Å². The van der Waals surface area contributed by atoms with E-state index >= 15 is 0 Å². The SMILES string of the molecule is c1ccc(-c2ccc(N(c3ccc(-c4cccc5ccccc45)cc3)c3ccc(-c4cncc5sc6ccccc6c45)cc3)cc2)cc1. The Labute approximate surface area is 283 Å². The van der Waals surface area contributed by atoms with Gasteiger partial charge in [-0.3, -0.25) is 4.98 Å². The van der Waals surface area contributed by atoms with E-state index in [0.717, 1.165) is 28.2 Å². The maximum absolute atomic E-state index is 4.62. The highest BCUT2D eigenvalue weighted by molar-refractivity contribution is 7.25. The molecule has 9 aromatic rings. The van der Waals surface area contributed by atoms with Crippen molar-refractivity contribution in [3.8, 4) is 33.4 Å². The van der Waals surface area contributed by atoms with E-state index in [1.165, 1.54) is 53.2 Å². The van der Waals surface area contributed by atoms with Crippen LogP contribution in [-0.4, -0.2) is 4.98 Å². The second kappa shape index (κ2) is 12.0. The largest absolute Gasteiger partial charge is 0.311 e. The Morgan fingerprint density at radius 3 is 1.62 bits per heavy atom. The molecular formula is C45H30N2S. The Bertz CT molecular complexity index is 2530. The quantitative estimate of drug-likeness (QED) is 0.182. The smallest absolute Gasteiger partial charge is 0.0545 e. The van der Waals surface area contributed by atoms with Crippen molar-refractivity contribution < 1.29 is 0 Å². The molecule has 0 aliphatic rings. The Hall–Kier alpha value is -6.03. The van der Waals surface area contributed by atoms with Crippen LogP contribution in [0, 0.1) is 0 Å². The van der Waals surface area contributed by atoms with Crippen molar-refractivity contribution in [3.63, 3.8) is 0 Å². The number of rotatable bonds is 6. The monoisotopic (exact) mass is 630 g/mol. The molecule has 7 aromatic carbocycles. The van der Waals surface area contributed by atoms with Crippen LogP contribution in [0.4, 0.5) is 17.1 Å². The van der Waals surface area contributed by atoms with Gasteiger partial charge in [-0.2, -0.15) is 0 Å². The van der Waals surface area contributed by atoms with E-state index in [1.807, 2.05) is 12.4 Å². The predicted octanol–water partition coefficient (Wildman–Crippen LogP) is 13.1. The minimum absolute atomic E-state index is 1.10. The molecule has 0 saturated carbocycles. The second-order valence-electron chi connectivity index (χ2n) is 12.0. The van der Waals surface area contributed by atoms with Crippen molar-refractivity contribution in [1.82, 2.24) is 4.98 Å². The number of anilines is 3. The summed E-state index contributed by atoms with van der Waals surface area (Å²) >= 11 is 1.80. The topological polar surface area (TPSA) is 16.1 Å². The fraction of sp³-hybridized carbons (Fsp3) is 0. The average Bonchev–Trinajstić information content (AvgIpc) is 3.55. The van der Waals surface area contributed by atoms with Gasteiger partial charge in [0.2, 0.25) is 0 Å². The van der Waals surface area contributed by atoms with Crippen molar-refractivity contribution in [2.75, 3.05) is 4.90 Å². The summed E-state index contributed by atoms with van der Waals surface area (Å²) in [6, 6.07) is 61.0. The summed E-state index contributed by atoms with van der Waals surface area (Å²) in [5.74, 6) is 0. The van der Waals surface area contributed by atoms with E-state index in [0.29, 0.717) is 0 Å². The predicted molar refractivity (Wildman–Crippen MR) is 206 cm³/mol. The Balaban J connectivity index is 1.13. The van der Waals surface area contributed by atoms with Crippen LogP contribution >= 0.6 is 11.3 Å². The van der Waals surface area contributed by atoms with Gasteiger partial charge in [-0.15, -0.1) is 11.3 Å². The van der Waals surface area contributed by atoms with E-state index in [2.05, 4.69) is 180 Å². The summed E-state index contributed by atoms with van der Waals surface area (Å²) in [6.45, 7) is 0. The third kappa shape index (κ3) is 5.02. The lowest BCUT2D eigenvalue weighted by Crippen LogP contribution is -2.09. The summed E-state index contributed by atoms with van der Waals surface area (Å²) in [5.41, 5.74) is 10.5. The number of fused-ring (bicyclic) bond motifs is 4. The number of pyridine rings is 1. The minimum Gasteiger partial charge on any atom is -0.311 e. The van der Waals surface area contributed by atoms with Crippen molar-refractivity contribution in [2.24, 2.45) is 0 Å². The molecule has 0 saturated heterocycles. The summed E-state index contributed by atoms with van der Waals surface area (Å²) in [5, 5.41) is 5.07. The number of aromatic nitrogens is 1. The first-order valence-corrected chi connectivity index (χ1v) is 17.0. The molecule has 2 nitrogen and oxygen atoms in total. The maximum atomic E-state index is 4.62. The summed E-state index contributed by atoms with van der Waals surface area (Å²) in [4.78, 5) is 6.96. The molecule has 2 aromatic heterocycles. The van der Waals surface area contributed by atoms with E-state index in [4.69, 9.17) is 0 Å². The van der Waals surface area contributed by atoms with E-state index in [-0.39, 0.29) is 0 Å². The van der Waals surface area contributed by atoms with Gasteiger partial charge in [-0.1, -0.05) is 127 Å². The molecule has 9 rings (SSSR count). The fourth-order valence-corrected chi connectivity index (χ4v) is 7.93. The fourth-order valence-electron chi connectivity index (χ4n) is 6.83. The zero-order chi connectivity index (χ0) is 31.9. The third-order valence-electron chi connectivity index (χ3n) is 9.18. The normalized spacial score (nSPS) is 11.3. The van der Waals surface area contributed by atoms with Crippen LogP contribution in [0.5, 0.6) is 0 Å². The molecule has 0 atom stereocenters. The number of hydrogen-bond donors (Lipinski definition) is 0. The molecule has 0 radical (unpaired) electrons. The van der Waals surface area contributed by atoms with E-state index in [1.54, 1.807) is 11.3 Å². The minimum atomic E-state index is 1.10. The highest BCUT2D eigenvalue weighted by atomic mass is 32.1. The van der Waals surface area contributed by atoms with Crippen LogP contribution in [0.3, 0.4) is 0 Å². The highest BCUT2D eigenvalue weighted by Crippen LogP contribution is 2.41. The summed E-state index contributed by atoms with van der Waals surface area (Å²) in [6.07, 6.45) is 3.99. The molecule has 0 fully saturated rings. The van der Waals surface area contributed by atoms with Gasteiger partial charge >= 0.3 is 0 Å². The lowest BCUT2D eigenvalue weighted by molar-refractivity contribution is 1.28. The molecule has 0 spiro atoms. The zero-order valence-corrected chi connectivity index (χ0v) is 26.9. The molecule has 0 unspecified atom stereocenters. The van der Waals surface area contributed by atoms with Crippen molar-refractivity contribution in [1.29, 1.82) is 0 Å². The van der Waals surface area contributed by atoms with Gasteiger partial charge in [-0.25, -0.2) is 0 Å². The maximum Gasteiger partial charge on any atom is 0.0545 e. The summed E-state index contributed by atoms with van der Waals surface area (Å²) in [7, 11) is 0. The zero-order valence-electron chi connectivity index (χ0n) is 26.1. The molecule has 3 heteroatoms. The highest BCUT2D eigenvalue weighted by Gasteiger charge is 2.16. The van der Waals surface area contributed by atoms with Gasteiger partial charge in [-0.05, 0) is 81.1 Å². The Morgan fingerprint density at radius 1 is 0.375 bits per heavy atom. The van der Waals surface area contributed by atoms with Gasteiger partial charge in [0.25, 0.3) is 0 Å². The van der Waals surface area contributed by atoms with E-state index < -0.39 is 0 Å².